The van der Waals surface area contributed by atoms with Gasteiger partial charge in [0.1, 0.15) is 5.82 Å². The fraction of sp³-hybridized carbons (Fsp3) is 0.562. The van der Waals surface area contributed by atoms with Crippen molar-refractivity contribution in [2.75, 3.05) is 45.9 Å². The highest BCUT2D eigenvalue weighted by Gasteiger charge is 2.32. The van der Waals surface area contributed by atoms with Crippen molar-refractivity contribution >= 4 is 5.91 Å². The molecule has 1 amide bonds. The minimum Gasteiger partial charge on any atom is -0.379 e. The van der Waals surface area contributed by atoms with E-state index >= 15 is 0 Å². The zero-order chi connectivity index (χ0) is 15.4. The number of hydrogen-bond acceptors (Lipinski definition) is 4. The highest BCUT2D eigenvalue weighted by atomic mass is 19.1. The van der Waals surface area contributed by atoms with Crippen LogP contribution in [0, 0.1) is 5.82 Å². The van der Waals surface area contributed by atoms with Crippen LogP contribution in [-0.4, -0.2) is 67.7 Å². The number of benzene rings is 1. The van der Waals surface area contributed by atoms with Crippen LogP contribution in [0.25, 0.3) is 0 Å². The van der Waals surface area contributed by atoms with E-state index in [1.807, 2.05) is 11.0 Å². The van der Waals surface area contributed by atoms with Crippen LogP contribution in [0.15, 0.2) is 24.3 Å². The molecule has 0 N–H and O–H groups in total. The minimum absolute atomic E-state index is 0.0527. The van der Waals surface area contributed by atoms with E-state index in [0.717, 1.165) is 18.7 Å². The highest BCUT2D eigenvalue weighted by Crippen LogP contribution is 2.15. The molecule has 2 saturated heterocycles. The maximum Gasteiger partial charge on any atom is 0.236 e. The maximum absolute atomic E-state index is 13.1. The molecule has 2 fully saturated rings. The van der Waals surface area contributed by atoms with Crippen LogP contribution in [0.4, 0.5) is 4.39 Å². The molecule has 0 saturated carbocycles. The lowest BCUT2D eigenvalue weighted by Gasteiger charge is -2.40. The van der Waals surface area contributed by atoms with E-state index in [9.17, 15) is 9.18 Å². The largest absolute Gasteiger partial charge is 0.379 e. The van der Waals surface area contributed by atoms with E-state index in [0.29, 0.717) is 39.5 Å². The van der Waals surface area contributed by atoms with Crippen molar-refractivity contribution in [2.24, 2.45) is 0 Å². The molecule has 5 nitrogen and oxygen atoms in total. The second kappa shape index (κ2) is 7.17. The monoisotopic (exact) mass is 308 g/mol. The molecule has 0 radical (unpaired) electrons. The van der Waals surface area contributed by atoms with Gasteiger partial charge in [-0.15, -0.1) is 0 Å². The van der Waals surface area contributed by atoms with Crippen LogP contribution in [0.3, 0.4) is 0 Å². The summed E-state index contributed by atoms with van der Waals surface area (Å²) >= 11 is 0. The molecule has 0 atom stereocenters. The molecule has 2 aliphatic rings. The lowest BCUT2D eigenvalue weighted by Crippen LogP contribution is -2.57. The average Bonchev–Trinajstić information content (AvgIpc) is 2.46. The first kappa shape index (κ1) is 15.4. The zero-order valence-electron chi connectivity index (χ0n) is 12.5. The van der Waals surface area contributed by atoms with Crippen molar-refractivity contribution in [3.63, 3.8) is 0 Å². The first-order valence-corrected chi connectivity index (χ1v) is 7.64. The lowest BCUT2D eigenvalue weighted by atomic mass is 10.1. The summed E-state index contributed by atoms with van der Waals surface area (Å²) in [6.07, 6.45) is 0.0527. The third-order valence-corrected chi connectivity index (χ3v) is 4.04. The predicted molar refractivity (Wildman–Crippen MR) is 78.8 cm³/mol. The second-order valence-electron chi connectivity index (χ2n) is 5.75. The molecular weight excluding hydrogens is 287 g/mol. The molecule has 22 heavy (non-hydrogen) atoms. The second-order valence-corrected chi connectivity index (χ2v) is 5.75. The Labute approximate surface area is 129 Å². The Morgan fingerprint density at radius 2 is 2.09 bits per heavy atom. The normalized spacial score (nSPS) is 20.0. The van der Waals surface area contributed by atoms with Crippen molar-refractivity contribution < 1.29 is 18.7 Å². The van der Waals surface area contributed by atoms with Gasteiger partial charge in [0.2, 0.25) is 5.91 Å². The first-order chi connectivity index (χ1) is 10.7. The van der Waals surface area contributed by atoms with E-state index in [1.54, 1.807) is 6.07 Å². The van der Waals surface area contributed by atoms with Gasteiger partial charge in [-0.3, -0.25) is 9.69 Å². The quantitative estimate of drug-likeness (QED) is 0.810. The van der Waals surface area contributed by atoms with Crippen LogP contribution >= 0.6 is 0 Å². The average molecular weight is 308 g/mol. The fourth-order valence-electron chi connectivity index (χ4n) is 2.64. The molecule has 6 heteroatoms. The Bertz CT molecular complexity index is 514. The van der Waals surface area contributed by atoms with Gasteiger partial charge >= 0.3 is 0 Å². The number of nitrogens with zero attached hydrogens (tertiary/aromatic N) is 2. The Balaban J connectivity index is 1.35. The van der Waals surface area contributed by atoms with Crippen molar-refractivity contribution in [3.8, 4) is 0 Å². The lowest BCUT2D eigenvalue weighted by molar-refractivity contribution is -0.147. The molecule has 0 unspecified atom stereocenters. The molecule has 0 bridgehead atoms. The molecule has 0 aromatic heterocycles. The predicted octanol–water partition coefficient (Wildman–Crippen LogP) is 0.885. The van der Waals surface area contributed by atoms with Crippen LogP contribution in [0.1, 0.15) is 5.56 Å². The molecule has 2 heterocycles. The van der Waals surface area contributed by atoms with Crippen molar-refractivity contribution in [2.45, 2.75) is 12.7 Å². The highest BCUT2D eigenvalue weighted by molar-refractivity contribution is 5.79. The Kier molecular flexibility index (Phi) is 5.02. The number of carbonyl (C=O) groups is 1. The van der Waals surface area contributed by atoms with Gasteiger partial charge in [0.15, 0.2) is 0 Å². The van der Waals surface area contributed by atoms with Crippen LogP contribution in [-0.2, 0) is 20.9 Å². The Hall–Kier alpha value is -1.50. The summed E-state index contributed by atoms with van der Waals surface area (Å²) in [6, 6.07) is 6.40. The number of halogens is 1. The third kappa shape index (κ3) is 4.03. The van der Waals surface area contributed by atoms with Crippen molar-refractivity contribution in [1.82, 2.24) is 9.80 Å². The molecule has 2 aliphatic heterocycles. The number of ether oxygens (including phenoxy) is 2. The van der Waals surface area contributed by atoms with E-state index in [4.69, 9.17) is 9.47 Å². The number of likely N-dealkylation sites (tertiary alicyclic amines) is 1. The van der Waals surface area contributed by atoms with Gasteiger partial charge in [0.05, 0.1) is 32.5 Å². The number of morpholine rings is 1. The smallest absolute Gasteiger partial charge is 0.236 e. The van der Waals surface area contributed by atoms with E-state index in [-0.39, 0.29) is 17.8 Å². The van der Waals surface area contributed by atoms with Crippen molar-refractivity contribution in [1.29, 1.82) is 0 Å². The van der Waals surface area contributed by atoms with Gasteiger partial charge < -0.3 is 14.4 Å². The standard InChI is InChI=1S/C16H21FN2O3/c17-14-3-1-2-13(8-14)12-22-15-9-19(10-15)16(20)11-18-4-6-21-7-5-18/h1-3,8,15H,4-7,9-12H2. The first-order valence-electron chi connectivity index (χ1n) is 7.64. The summed E-state index contributed by atoms with van der Waals surface area (Å²) < 4.78 is 24.0. The van der Waals surface area contributed by atoms with Gasteiger partial charge in [0, 0.05) is 26.2 Å². The number of rotatable bonds is 5. The number of carbonyl (C=O) groups excluding carboxylic acids is 1. The molecular formula is C16H21FN2O3. The van der Waals surface area contributed by atoms with Gasteiger partial charge in [-0.1, -0.05) is 12.1 Å². The SMILES string of the molecule is O=C(CN1CCOCC1)N1CC(OCc2cccc(F)c2)C1. The molecule has 1 aromatic rings. The summed E-state index contributed by atoms with van der Waals surface area (Å²) in [7, 11) is 0. The maximum atomic E-state index is 13.1. The van der Waals surface area contributed by atoms with Crippen LogP contribution in [0.5, 0.6) is 0 Å². The van der Waals surface area contributed by atoms with E-state index < -0.39 is 0 Å². The van der Waals surface area contributed by atoms with Gasteiger partial charge in [0.25, 0.3) is 0 Å². The molecule has 0 spiro atoms. The Morgan fingerprint density at radius 1 is 1.32 bits per heavy atom. The van der Waals surface area contributed by atoms with Gasteiger partial charge in [-0.25, -0.2) is 4.39 Å². The van der Waals surface area contributed by atoms with Gasteiger partial charge in [-0.2, -0.15) is 0 Å². The summed E-state index contributed by atoms with van der Waals surface area (Å²) in [4.78, 5) is 16.0. The summed E-state index contributed by atoms with van der Waals surface area (Å²) in [6.45, 7) is 5.13. The third-order valence-electron chi connectivity index (χ3n) is 4.04. The molecule has 3 rings (SSSR count). The molecule has 1 aromatic carbocycles. The topological polar surface area (TPSA) is 42.0 Å². The van der Waals surface area contributed by atoms with Crippen molar-refractivity contribution in [3.05, 3.63) is 35.6 Å². The summed E-state index contributed by atoms with van der Waals surface area (Å²) in [5, 5.41) is 0. The van der Waals surface area contributed by atoms with Gasteiger partial charge in [-0.05, 0) is 17.7 Å². The van der Waals surface area contributed by atoms with Crippen LogP contribution < -0.4 is 0 Å². The number of hydrogen-bond donors (Lipinski definition) is 0. The number of amides is 1. The molecule has 0 aliphatic carbocycles. The Morgan fingerprint density at radius 3 is 2.82 bits per heavy atom. The van der Waals surface area contributed by atoms with E-state index in [1.165, 1.54) is 12.1 Å². The zero-order valence-corrected chi connectivity index (χ0v) is 12.5. The minimum atomic E-state index is -0.253. The van der Waals surface area contributed by atoms with Crippen LogP contribution in [0.2, 0.25) is 0 Å². The summed E-state index contributed by atoms with van der Waals surface area (Å²) in [5.41, 5.74) is 0.818. The summed E-state index contributed by atoms with van der Waals surface area (Å²) in [5.74, 6) is -0.107. The molecule has 120 valence electrons. The van der Waals surface area contributed by atoms with E-state index in [2.05, 4.69) is 4.90 Å². The fourth-order valence-corrected chi connectivity index (χ4v) is 2.64.